The normalized spacial score (nSPS) is 15.3. The van der Waals surface area contributed by atoms with Gasteiger partial charge in [-0.1, -0.05) is 6.92 Å². The number of hydrogen-bond acceptors (Lipinski definition) is 6. The van der Waals surface area contributed by atoms with Gasteiger partial charge in [-0.15, -0.1) is 0 Å². The van der Waals surface area contributed by atoms with Gasteiger partial charge in [0.2, 0.25) is 10.0 Å². The number of sulfonamides is 1. The summed E-state index contributed by atoms with van der Waals surface area (Å²) in [6.07, 6.45) is 1.29. The van der Waals surface area contributed by atoms with E-state index < -0.39 is 16.1 Å². The first-order valence-corrected chi connectivity index (χ1v) is 9.10. The predicted molar refractivity (Wildman–Crippen MR) is 82.9 cm³/mol. The van der Waals surface area contributed by atoms with Crippen molar-refractivity contribution in [3.05, 3.63) is 0 Å². The molecule has 0 spiro atoms. The lowest BCUT2D eigenvalue weighted by atomic mass is 10.3. The molecule has 0 aromatic heterocycles. The Labute approximate surface area is 128 Å². The number of aliphatic hydroxyl groups excluding tert-OH is 1. The molecule has 0 bridgehead atoms. The molecule has 2 atom stereocenters. The van der Waals surface area contributed by atoms with Crippen molar-refractivity contribution in [1.82, 2.24) is 9.62 Å². The second-order valence-corrected chi connectivity index (χ2v) is 7.05. The fourth-order valence-electron chi connectivity index (χ4n) is 1.82. The Morgan fingerprint density at radius 2 is 2.00 bits per heavy atom. The summed E-state index contributed by atoms with van der Waals surface area (Å²) >= 11 is 0. The smallest absolute Gasteiger partial charge is 0.211 e. The molecule has 0 heterocycles. The molecule has 2 N–H and O–H groups in total. The van der Waals surface area contributed by atoms with Gasteiger partial charge in [-0.2, -0.15) is 0 Å². The maximum Gasteiger partial charge on any atom is 0.211 e. The van der Waals surface area contributed by atoms with Crippen LogP contribution in [0.2, 0.25) is 0 Å². The van der Waals surface area contributed by atoms with E-state index in [1.807, 2.05) is 13.8 Å². The fraction of sp³-hybridized carbons (Fsp3) is 1.00. The van der Waals surface area contributed by atoms with Gasteiger partial charge >= 0.3 is 0 Å². The monoisotopic (exact) mass is 326 g/mol. The van der Waals surface area contributed by atoms with Crippen LogP contribution in [0.5, 0.6) is 0 Å². The molecule has 0 aliphatic carbocycles. The fourth-order valence-corrected chi connectivity index (χ4v) is 2.75. The lowest BCUT2D eigenvalue weighted by molar-refractivity contribution is -0.0310. The molecule has 0 saturated heterocycles. The van der Waals surface area contributed by atoms with Gasteiger partial charge in [0.1, 0.15) is 0 Å². The summed E-state index contributed by atoms with van der Waals surface area (Å²) in [6, 6.07) is 0. The van der Waals surface area contributed by atoms with Crippen molar-refractivity contribution in [2.45, 2.75) is 32.5 Å². The molecule has 128 valence electrons. The zero-order chi connectivity index (χ0) is 16.3. The molecule has 0 rings (SSSR count). The maximum atomic E-state index is 11.4. The Morgan fingerprint density at radius 1 is 1.33 bits per heavy atom. The molecule has 0 fully saturated rings. The maximum absolute atomic E-state index is 11.4. The first-order chi connectivity index (χ1) is 9.81. The van der Waals surface area contributed by atoms with Gasteiger partial charge < -0.3 is 19.9 Å². The van der Waals surface area contributed by atoms with Crippen molar-refractivity contribution in [3.8, 4) is 0 Å². The molecule has 0 amide bonds. The molecule has 0 saturated carbocycles. The standard InChI is InChI=1S/C13H30N2O5S/c1-5-15(21(4,17)18)8-6-7-14-9-13(16)11-20-12(2)10-19-3/h12-14,16H,5-11H2,1-4H3. The zero-order valence-electron chi connectivity index (χ0n) is 13.5. The van der Waals surface area contributed by atoms with Crippen molar-refractivity contribution >= 4 is 10.0 Å². The van der Waals surface area contributed by atoms with Crippen LogP contribution in [0.4, 0.5) is 0 Å². The molecule has 8 heteroatoms. The van der Waals surface area contributed by atoms with E-state index in [0.29, 0.717) is 39.2 Å². The molecule has 0 aliphatic heterocycles. The second kappa shape index (κ2) is 11.3. The highest BCUT2D eigenvalue weighted by Crippen LogP contribution is 1.98. The van der Waals surface area contributed by atoms with Gasteiger partial charge in [0.15, 0.2) is 0 Å². The second-order valence-electron chi connectivity index (χ2n) is 5.07. The molecule has 0 aromatic carbocycles. The van der Waals surface area contributed by atoms with Crippen molar-refractivity contribution < 1.29 is 23.0 Å². The third kappa shape index (κ3) is 11.0. The minimum atomic E-state index is -3.12. The van der Waals surface area contributed by atoms with Crippen molar-refractivity contribution in [3.63, 3.8) is 0 Å². The Morgan fingerprint density at radius 3 is 2.52 bits per heavy atom. The summed E-state index contributed by atoms with van der Waals surface area (Å²) in [5.74, 6) is 0. The van der Waals surface area contributed by atoms with E-state index in [-0.39, 0.29) is 12.7 Å². The summed E-state index contributed by atoms with van der Waals surface area (Å²) in [7, 11) is -1.51. The summed E-state index contributed by atoms with van der Waals surface area (Å²) in [5.41, 5.74) is 0. The van der Waals surface area contributed by atoms with E-state index in [4.69, 9.17) is 9.47 Å². The number of aliphatic hydroxyl groups is 1. The largest absolute Gasteiger partial charge is 0.389 e. The van der Waals surface area contributed by atoms with Crippen LogP contribution >= 0.6 is 0 Å². The first kappa shape index (κ1) is 20.8. The number of rotatable bonds is 13. The zero-order valence-corrected chi connectivity index (χ0v) is 14.4. The Bertz CT molecular complexity index is 350. The molecule has 7 nitrogen and oxygen atoms in total. The highest BCUT2D eigenvalue weighted by atomic mass is 32.2. The van der Waals surface area contributed by atoms with Gasteiger partial charge in [-0.05, 0) is 19.9 Å². The van der Waals surface area contributed by atoms with E-state index in [1.165, 1.54) is 10.6 Å². The van der Waals surface area contributed by atoms with Gasteiger partial charge in [0, 0.05) is 26.7 Å². The first-order valence-electron chi connectivity index (χ1n) is 7.25. The number of hydrogen-bond donors (Lipinski definition) is 2. The number of ether oxygens (including phenoxy) is 2. The Kier molecular flexibility index (Phi) is 11.2. The number of methoxy groups -OCH3 is 1. The van der Waals surface area contributed by atoms with E-state index in [2.05, 4.69) is 5.32 Å². The SMILES string of the molecule is CCN(CCCNCC(O)COC(C)COC)S(C)(=O)=O. The lowest BCUT2D eigenvalue weighted by Gasteiger charge is -2.18. The van der Waals surface area contributed by atoms with Crippen molar-refractivity contribution in [2.75, 3.05) is 52.8 Å². The van der Waals surface area contributed by atoms with E-state index in [0.717, 1.165) is 0 Å². The third-order valence-electron chi connectivity index (χ3n) is 2.94. The quantitative estimate of drug-likeness (QED) is 0.450. The van der Waals surface area contributed by atoms with Crippen LogP contribution in [0.1, 0.15) is 20.3 Å². The van der Waals surface area contributed by atoms with Gasteiger partial charge in [-0.25, -0.2) is 12.7 Å². The summed E-state index contributed by atoms with van der Waals surface area (Å²) in [4.78, 5) is 0. The highest BCUT2D eigenvalue weighted by molar-refractivity contribution is 7.88. The topological polar surface area (TPSA) is 88.1 Å². The summed E-state index contributed by atoms with van der Waals surface area (Å²) in [5, 5.41) is 12.8. The van der Waals surface area contributed by atoms with Crippen LogP contribution in [-0.2, 0) is 19.5 Å². The van der Waals surface area contributed by atoms with Crippen LogP contribution in [0.15, 0.2) is 0 Å². The van der Waals surface area contributed by atoms with Gasteiger partial charge in [0.05, 0.1) is 31.7 Å². The Balaban J connectivity index is 3.66. The van der Waals surface area contributed by atoms with Crippen LogP contribution in [0, 0.1) is 0 Å². The summed E-state index contributed by atoms with van der Waals surface area (Å²) < 4.78 is 34.5. The van der Waals surface area contributed by atoms with Gasteiger partial charge in [-0.3, -0.25) is 0 Å². The highest BCUT2D eigenvalue weighted by Gasteiger charge is 2.13. The molecule has 0 aromatic rings. The average molecular weight is 326 g/mol. The number of nitrogens with zero attached hydrogens (tertiary/aromatic N) is 1. The average Bonchev–Trinajstić information content (AvgIpc) is 2.39. The van der Waals surface area contributed by atoms with Crippen LogP contribution in [-0.4, -0.2) is 82.8 Å². The predicted octanol–water partition coefficient (Wildman–Crippen LogP) is -0.340. The lowest BCUT2D eigenvalue weighted by Crippen LogP contribution is -2.35. The molecule has 2 unspecified atom stereocenters. The molecule has 0 radical (unpaired) electrons. The van der Waals surface area contributed by atoms with Crippen molar-refractivity contribution in [1.29, 1.82) is 0 Å². The minimum Gasteiger partial charge on any atom is -0.389 e. The Hall–Kier alpha value is -0.250. The van der Waals surface area contributed by atoms with Crippen LogP contribution in [0.3, 0.4) is 0 Å². The molecular weight excluding hydrogens is 296 g/mol. The van der Waals surface area contributed by atoms with Crippen molar-refractivity contribution in [2.24, 2.45) is 0 Å². The van der Waals surface area contributed by atoms with E-state index in [9.17, 15) is 13.5 Å². The van der Waals surface area contributed by atoms with E-state index >= 15 is 0 Å². The number of nitrogens with one attached hydrogen (secondary N) is 1. The summed E-state index contributed by atoms with van der Waals surface area (Å²) in [6.45, 7) is 6.49. The third-order valence-corrected chi connectivity index (χ3v) is 4.32. The van der Waals surface area contributed by atoms with Crippen LogP contribution in [0.25, 0.3) is 0 Å². The molecular formula is C13H30N2O5S. The molecule has 21 heavy (non-hydrogen) atoms. The van der Waals surface area contributed by atoms with E-state index in [1.54, 1.807) is 7.11 Å². The minimum absolute atomic E-state index is 0.0440. The van der Waals surface area contributed by atoms with Gasteiger partial charge in [0.25, 0.3) is 0 Å². The van der Waals surface area contributed by atoms with Crippen LogP contribution < -0.4 is 5.32 Å². The molecule has 0 aliphatic rings.